The van der Waals surface area contributed by atoms with Crippen molar-refractivity contribution in [2.24, 2.45) is 5.92 Å². The standard InChI is InChI=1S/C20H25N3O3/c1-4-15-16-7-5-6-8-17(16)25-18(15)12(2)21-11-14-9-10-24-19(14)20-22-13(3)23-26-20/h5-8,12,14,19,21H,4,9-11H2,1-3H3/t12?,14-,19-/m0/s1. The average Bonchev–Trinajstić information content (AvgIpc) is 3.36. The van der Waals surface area contributed by atoms with Crippen LogP contribution >= 0.6 is 0 Å². The van der Waals surface area contributed by atoms with E-state index in [1.54, 1.807) is 0 Å². The Morgan fingerprint density at radius 3 is 2.92 bits per heavy atom. The Morgan fingerprint density at radius 2 is 2.15 bits per heavy atom. The maximum atomic E-state index is 6.15. The van der Waals surface area contributed by atoms with Crippen molar-refractivity contribution in [2.75, 3.05) is 13.2 Å². The van der Waals surface area contributed by atoms with E-state index < -0.39 is 0 Å². The Labute approximate surface area is 152 Å². The molecule has 0 radical (unpaired) electrons. The fraction of sp³-hybridized carbons (Fsp3) is 0.500. The van der Waals surface area contributed by atoms with Crippen molar-refractivity contribution in [1.29, 1.82) is 0 Å². The third kappa shape index (κ3) is 3.15. The topological polar surface area (TPSA) is 73.3 Å². The molecule has 0 spiro atoms. The summed E-state index contributed by atoms with van der Waals surface area (Å²) in [7, 11) is 0. The van der Waals surface area contributed by atoms with Crippen molar-refractivity contribution in [2.45, 2.75) is 45.8 Å². The number of aromatic nitrogens is 2. The van der Waals surface area contributed by atoms with Gasteiger partial charge in [0.2, 0.25) is 0 Å². The molecular weight excluding hydrogens is 330 g/mol. The van der Waals surface area contributed by atoms with Gasteiger partial charge in [-0.05, 0) is 32.8 Å². The van der Waals surface area contributed by atoms with E-state index in [9.17, 15) is 0 Å². The molecule has 0 aliphatic carbocycles. The first kappa shape index (κ1) is 17.2. The maximum Gasteiger partial charge on any atom is 0.256 e. The lowest BCUT2D eigenvalue weighted by Crippen LogP contribution is -2.27. The Hall–Kier alpha value is -2.18. The molecule has 1 fully saturated rings. The van der Waals surface area contributed by atoms with Gasteiger partial charge in [0.1, 0.15) is 17.4 Å². The summed E-state index contributed by atoms with van der Waals surface area (Å²) in [6, 6.07) is 8.37. The van der Waals surface area contributed by atoms with Gasteiger partial charge in [-0.15, -0.1) is 0 Å². The maximum absolute atomic E-state index is 6.15. The summed E-state index contributed by atoms with van der Waals surface area (Å²) in [5, 5.41) is 8.71. The summed E-state index contributed by atoms with van der Waals surface area (Å²) in [5.74, 6) is 2.56. The zero-order chi connectivity index (χ0) is 18.1. The molecule has 1 saturated heterocycles. The molecule has 1 aliphatic rings. The molecule has 138 valence electrons. The van der Waals surface area contributed by atoms with Crippen LogP contribution in [-0.2, 0) is 11.2 Å². The number of aryl methyl sites for hydroxylation is 2. The van der Waals surface area contributed by atoms with E-state index >= 15 is 0 Å². The molecule has 1 N–H and O–H groups in total. The van der Waals surface area contributed by atoms with Crippen LogP contribution in [0.3, 0.4) is 0 Å². The summed E-state index contributed by atoms with van der Waals surface area (Å²) >= 11 is 0. The van der Waals surface area contributed by atoms with Crippen LogP contribution in [0.4, 0.5) is 0 Å². The predicted octanol–water partition coefficient (Wildman–Crippen LogP) is 4.12. The number of rotatable bonds is 6. The summed E-state index contributed by atoms with van der Waals surface area (Å²) in [5.41, 5.74) is 2.24. The van der Waals surface area contributed by atoms with Gasteiger partial charge in [0.15, 0.2) is 5.82 Å². The number of nitrogens with one attached hydrogen (secondary N) is 1. The van der Waals surface area contributed by atoms with Crippen molar-refractivity contribution in [1.82, 2.24) is 15.5 Å². The number of furan rings is 1. The van der Waals surface area contributed by atoms with E-state index in [2.05, 4.69) is 41.4 Å². The monoisotopic (exact) mass is 355 g/mol. The minimum Gasteiger partial charge on any atom is -0.459 e. The molecule has 4 rings (SSSR count). The van der Waals surface area contributed by atoms with Crippen LogP contribution in [0.5, 0.6) is 0 Å². The fourth-order valence-electron chi connectivity index (χ4n) is 3.80. The van der Waals surface area contributed by atoms with Crippen LogP contribution in [0.1, 0.15) is 55.5 Å². The second kappa shape index (κ2) is 7.21. The molecule has 3 heterocycles. The van der Waals surface area contributed by atoms with E-state index in [0.29, 0.717) is 17.6 Å². The number of hydrogen-bond acceptors (Lipinski definition) is 6. The average molecular weight is 355 g/mol. The smallest absolute Gasteiger partial charge is 0.256 e. The molecule has 0 amide bonds. The summed E-state index contributed by atoms with van der Waals surface area (Å²) in [6.07, 6.45) is 1.80. The van der Waals surface area contributed by atoms with Crippen LogP contribution in [0, 0.1) is 12.8 Å². The first-order valence-electron chi connectivity index (χ1n) is 9.32. The highest BCUT2D eigenvalue weighted by Gasteiger charge is 2.34. The minimum absolute atomic E-state index is 0.128. The van der Waals surface area contributed by atoms with E-state index in [-0.39, 0.29) is 12.1 Å². The van der Waals surface area contributed by atoms with Gasteiger partial charge in [-0.25, -0.2) is 0 Å². The van der Waals surface area contributed by atoms with Crippen molar-refractivity contribution in [3.05, 3.63) is 47.3 Å². The van der Waals surface area contributed by atoms with Gasteiger partial charge in [-0.2, -0.15) is 4.98 Å². The molecule has 1 aromatic carbocycles. The van der Waals surface area contributed by atoms with Crippen LogP contribution in [0.25, 0.3) is 11.0 Å². The quantitative estimate of drug-likeness (QED) is 0.717. The third-order valence-electron chi connectivity index (χ3n) is 5.16. The number of para-hydroxylation sites is 1. The zero-order valence-corrected chi connectivity index (χ0v) is 15.5. The number of ether oxygens (including phenoxy) is 1. The molecule has 0 saturated carbocycles. The highest BCUT2D eigenvalue weighted by atomic mass is 16.5. The number of fused-ring (bicyclic) bond motifs is 1. The van der Waals surface area contributed by atoms with E-state index in [0.717, 1.165) is 37.3 Å². The van der Waals surface area contributed by atoms with Gasteiger partial charge in [0, 0.05) is 30.0 Å². The van der Waals surface area contributed by atoms with E-state index in [1.165, 1.54) is 10.9 Å². The Kier molecular flexibility index (Phi) is 4.78. The molecular formula is C20H25N3O3. The molecule has 2 aromatic heterocycles. The first-order valence-corrected chi connectivity index (χ1v) is 9.32. The van der Waals surface area contributed by atoms with Gasteiger partial charge in [-0.3, -0.25) is 0 Å². The second-order valence-electron chi connectivity index (χ2n) is 6.94. The largest absolute Gasteiger partial charge is 0.459 e. The van der Waals surface area contributed by atoms with Gasteiger partial charge in [-0.1, -0.05) is 30.3 Å². The fourth-order valence-corrected chi connectivity index (χ4v) is 3.80. The van der Waals surface area contributed by atoms with Crippen molar-refractivity contribution < 1.29 is 13.7 Å². The zero-order valence-electron chi connectivity index (χ0n) is 15.5. The molecule has 0 bridgehead atoms. The van der Waals surface area contributed by atoms with Gasteiger partial charge in [0.05, 0.1) is 6.04 Å². The number of hydrogen-bond donors (Lipinski definition) is 1. The van der Waals surface area contributed by atoms with Crippen molar-refractivity contribution >= 4 is 11.0 Å². The molecule has 1 aliphatic heterocycles. The van der Waals surface area contributed by atoms with E-state index in [4.69, 9.17) is 13.7 Å². The van der Waals surface area contributed by atoms with E-state index in [1.807, 2.05) is 19.1 Å². The van der Waals surface area contributed by atoms with Crippen LogP contribution in [-0.4, -0.2) is 23.3 Å². The van der Waals surface area contributed by atoms with Crippen molar-refractivity contribution in [3.8, 4) is 0 Å². The van der Waals surface area contributed by atoms with Crippen molar-refractivity contribution in [3.63, 3.8) is 0 Å². The molecule has 6 nitrogen and oxygen atoms in total. The van der Waals surface area contributed by atoms with Crippen LogP contribution < -0.4 is 5.32 Å². The summed E-state index contributed by atoms with van der Waals surface area (Å²) < 4.78 is 17.3. The third-order valence-corrected chi connectivity index (χ3v) is 5.16. The highest BCUT2D eigenvalue weighted by Crippen LogP contribution is 2.34. The minimum atomic E-state index is -0.128. The van der Waals surface area contributed by atoms with Gasteiger partial charge >= 0.3 is 0 Å². The molecule has 6 heteroatoms. The lowest BCUT2D eigenvalue weighted by molar-refractivity contribution is 0.0617. The summed E-state index contributed by atoms with van der Waals surface area (Å²) in [4.78, 5) is 4.34. The number of nitrogens with zero attached hydrogens (tertiary/aromatic N) is 2. The van der Waals surface area contributed by atoms with Crippen LogP contribution in [0.2, 0.25) is 0 Å². The predicted molar refractivity (Wildman–Crippen MR) is 97.8 cm³/mol. The molecule has 3 atom stereocenters. The Balaban J connectivity index is 1.47. The highest BCUT2D eigenvalue weighted by molar-refractivity contribution is 5.82. The van der Waals surface area contributed by atoms with Gasteiger partial charge in [0.25, 0.3) is 5.89 Å². The molecule has 3 aromatic rings. The normalized spacial score (nSPS) is 21.5. The lowest BCUT2D eigenvalue weighted by atomic mass is 10.00. The molecule has 26 heavy (non-hydrogen) atoms. The van der Waals surface area contributed by atoms with Gasteiger partial charge < -0.3 is 19.0 Å². The SMILES string of the molecule is CCc1c(C(C)NC[C@@H]2CCO[C@@H]2c2nc(C)no2)oc2ccccc12. The lowest BCUT2D eigenvalue weighted by Gasteiger charge is -2.19. The number of benzene rings is 1. The second-order valence-corrected chi connectivity index (χ2v) is 6.94. The molecule has 1 unspecified atom stereocenters. The first-order chi connectivity index (χ1) is 12.7. The Morgan fingerprint density at radius 1 is 1.31 bits per heavy atom. The Bertz CT molecular complexity index is 885. The van der Waals surface area contributed by atoms with Crippen LogP contribution in [0.15, 0.2) is 33.2 Å². The summed E-state index contributed by atoms with van der Waals surface area (Å²) in [6.45, 7) is 7.68.